The van der Waals surface area contributed by atoms with Gasteiger partial charge in [-0.1, -0.05) is 17.7 Å². The molecular weight excluding hydrogens is 264 g/mol. The van der Waals surface area contributed by atoms with Crippen molar-refractivity contribution in [3.8, 4) is 11.5 Å². The smallest absolute Gasteiger partial charge is 0.226 e. The lowest BCUT2D eigenvalue weighted by molar-refractivity contribution is 0.174. The van der Waals surface area contributed by atoms with Crippen molar-refractivity contribution in [1.29, 1.82) is 0 Å². The van der Waals surface area contributed by atoms with E-state index in [9.17, 15) is 5.11 Å². The van der Waals surface area contributed by atoms with Crippen molar-refractivity contribution in [3.63, 3.8) is 0 Å². The van der Waals surface area contributed by atoms with Gasteiger partial charge in [0.05, 0.1) is 11.8 Å². The van der Waals surface area contributed by atoms with E-state index in [4.69, 9.17) is 16.0 Å². The zero-order chi connectivity index (χ0) is 13.2. The molecule has 1 fully saturated rings. The molecule has 1 atom stereocenters. The highest BCUT2D eigenvalue weighted by Gasteiger charge is 2.21. The van der Waals surface area contributed by atoms with E-state index < -0.39 is 0 Å². The molecule has 0 unspecified atom stereocenters. The number of hydrogen-bond donors (Lipinski definition) is 1. The standard InChI is InChI=1S/C14H15ClN2O2/c15-11-3-1-2-10(6-11)14-16-12(9-19-14)7-17-5-4-13(18)8-17/h1-3,6,9,13,18H,4-5,7-8H2/t13-/m0/s1. The fourth-order valence-electron chi connectivity index (χ4n) is 2.32. The number of nitrogens with zero attached hydrogens (tertiary/aromatic N) is 2. The summed E-state index contributed by atoms with van der Waals surface area (Å²) in [5, 5.41) is 10.2. The third-order valence-electron chi connectivity index (χ3n) is 3.26. The Bertz CT molecular complexity index is 570. The number of halogens is 1. The summed E-state index contributed by atoms with van der Waals surface area (Å²) in [6.07, 6.45) is 2.29. The third-order valence-corrected chi connectivity index (χ3v) is 3.49. The maximum absolute atomic E-state index is 9.49. The van der Waals surface area contributed by atoms with Crippen LogP contribution in [0.3, 0.4) is 0 Å². The Morgan fingerprint density at radius 1 is 1.47 bits per heavy atom. The molecule has 1 saturated heterocycles. The summed E-state index contributed by atoms with van der Waals surface area (Å²) in [5.74, 6) is 0.581. The summed E-state index contributed by atoms with van der Waals surface area (Å²) in [4.78, 5) is 6.63. The van der Waals surface area contributed by atoms with E-state index in [2.05, 4.69) is 9.88 Å². The van der Waals surface area contributed by atoms with Gasteiger partial charge in [0.25, 0.3) is 0 Å². The van der Waals surface area contributed by atoms with Gasteiger partial charge in [-0.3, -0.25) is 4.90 Å². The van der Waals surface area contributed by atoms with E-state index in [-0.39, 0.29) is 6.10 Å². The fourth-order valence-corrected chi connectivity index (χ4v) is 2.51. The van der Waals surface area contributed by atoms with Crippen molar-refractivity contribution in [1.82, 2.24) is 9.88 Å². The molecule has 2 heterocycles. The Labute approximate surface area is 116 Å². The van der Waals surface area contributed by atoms with Crippen LogP contribution in [0.15, 0.2) is 34.9 Å². The lowest BCUT2D eigenvalue weighted by Crippen LogP contribution is -2.21. The van der Waals surface area contributed by atoms with Crippen LogP contribution in [-0.4, -0.2) is 34.2 Å². The number of hydrogen-bond acceptors (Lipinski definition) is 4. The summed E-state index contributed by atoms with van der Waals surface area (Å²) in [7, 11) is 0. The first-order chi connectivity index (χ1) is 9.20. The van der Waals surface area contributed by atoms with Crippen LogP contribution >= 0.6 is 11.6 Å². The van der Waals surface area contributed by atoms with E-state index in [1.54, 1.807) is 6.26 Å². The molecule has 1 aromatic carbocycles. The zero-order valence-electron chi connectivity index (χ0n) is 10.4. The van der Waals surface area contributed by atoms with Gasteiger partial charge >= 0.3 is 0 Å². The van der Waals surface area contributed by atoms with Gasteiger partial charge < -0.3 is 9.52 Å². The van der Waals surface area contributed by atoms with Crippen LogP contribution in [0.25, 0.3) is 11.5 Å². The molecule has 2 aromatic rings. The topological polar surface area (TPSA) is 49.5 Å². The second-order valence-corrected chi connectivity index (χ2v) is 5.27. The normalized spacial score (nSPS) is 20.0. The van der Waals surface area contributed by atoms with Crippen LogP contribution in [0, 0.1) is 0 Å². The number of aliphatic hydroxyl groups excluding tert-OH is 1. The molecule has 1 aliphatic rings. The van der Waals surface area contributed by atoms with Crippen molar-refractivity contribution in [2.75, 3.05) is 13.1 Å². The van der Waals surface area contributed by atoms with Crippen molar-refractivity contribution in [2.24, 2.45) is 0 Å². The predicted molar refractivity (Wildman–Crippen MR) is 72.8 cm³/mol. The molecule has 0 saturated carbocycles. The number of benzene rings is 1. The quantitative estimate of drug-likeness (QED) is 0.937. The first-order valence-electron chi connectivity index (χ1n) is 6.31. The van der Waals surface area contributed by atoms with E-state index in [0.717, 1.165) is 24.2 Å². The Balaban J connectivity index is 1.73. The second kappa shape index (κ2) is 5.33. The minimum Gasteiger partial charge on any atom is -0.444 e. The molecule has 4 nitrogen and oxygen atoms in total. The largest absolute Gasteiger partial charge is 0.444 e. The number of aromatic nitrogens is 1. The molecule has 0 amide bonds. The van der Waals surface area contributed by atoms with Crippen molar-refractivity contribution in [2.45, 2.75) is 19.1 Å². The van der Waals surface area contributed by atoms with Gasteiger partial charge in [0, 0.05) is 30.2 Å². The van der Waals surface area contributed by atoms with E-state index >= 15 is 0 Å². The number of oxazole rings is 1. The predicted octanol–water partition coefficient (Wildman–Crippen LogP) is 2.56. The minimum atomic E-state index is -0.209. The van der Waals surface area contributed by atoms with Crippen molar-refractivity contribution in [3.05, 3.63) is 41.2 Å². The molecule has 0 radical (unpaired) electrons. The molecule has 100 valence electrons. The van der Waals surface area contributed by atoms with Crippen molar-refractivity contribution < 1.29 is 9.52 Å². The summed E-state index contributed by atoms with van der Waals surface area (Å²) in [6, 6.07) is 7.44. The summed E-state index contributed by atoms with van der Waals surface area (Å²) in [5.41, 5.74) is 1.75. The molecule has 5 heteroatoms. The summed E-state index contributed by atoms with van der Waals surface area (Å²) in [6.45, 7) is 2.32. The SMILES string of the molecule is O[C@H]1CCN(Cc2coc(-c3cccc(Cl)c3)n2)C1. The lowest BCUT2D eigenvalue weighted by Gasteiger charge is -2.11. The van der Waals surface area contributed by atoms with Crippen LogP contribution < -0.4 is 0 Å². The highest BCUT2D eigenvalue weighted by Crippen LogP contribution is 2.23. The van der Waals surface area contributed by atoms with Crippen molar-refractivity contribution >= 4 is 11.6 Å². The van der Waals surface area contributed by atoms with Gasteiger partial charge in [0.1, 0.15) is 6.26 Å². The Kier molecular flexibility index (Phi) is 3.55. The maximum atomic E-state index is 9.49. The first kappa shape index (κ1) is 12.7. The molecule has 1 N–H and O–H groups in total. The average molecular weight is 279 g/mol. The number of β-amino-alcohol motifs (C(OH)–C–C–N with tert-alkyl or cyclic N) is 1. The highest BCUT2D eigenvalue weighted by atomic mass is 35.5. The molecule has 0 spiro atoms. The molecule has 0 bridgehead atoms. The molecule has 0 aliphatic carbocycles. The molecule has 1 aromatic heterocycles. The summed E-state index contributed by atoms with van der Waals surface area (Å²) < 4.78 is 5.48. The van der Waals surface area contributed by atoms with E-state index in [1.165, 1.54) is 0 Å². The molecular formula is C14H15ClN2O2. The second-order valence-electron chi connectivity index (χ2n) is 4.83. The fraction of sp³-hybridized carbons (Fsp3) is 0.357. The van der Waals surface area contributed by atoms with Gasteiger partial charge in [-0.05, 0) is 24.6 Å². The Morgan fingerprint density at radius 3 is 3.11 bits per heavy atom. The average Bonchev–Trinajstić information content (AvgIpc) is 2.99. The number of aliphatic hydroxyl groups is 1. The monoisotopic (exact) mass is 278 g/mol. The summed E-state index contributed by atoms with van der Waals surface area (Å²) >= 11 is 5.95. The Morgan fingerprint density at radius 2 is 2.37 bits per heavy atom. The minimum absolute atomic E-state index is 0.209. The van der Waals surface area contributed by atoms with Crippen LogP contribution in [0.4, 0.5) is 0 Å². The van der Waals surface area contributed by atoms with Gasteiger partial charge in [-0.25, -0.2) is 4.98 Å². The van der Waals surface area contributed by atoms with E-state index in [0.29, 0.717) is 24.0 Å². The van der Waals surface area contributed by atoms with Crippen LogP contribution in [-0.2, 0) is 6.54 Å². The van der Waals surface area contributed by atoms with Gasteiger partial charge in [-0.2, -0.15) is 0 Å². The van der Waals surface area contributed by atoms with Crippen LogP contribution in [0.1, 0.15) is 12.1 Å². The Hall–Kier alpha value is -1.36. The first-order valence-corrected chi connectivity index (χ1v) is 6.69. The number of rotatable bonds is 3. The van der Waals surface area contributed by atoms with Crippen LogP contribution in [0.2, 0.25) is 5.02 Å². The highest BCUT2D eigenvalue weighted by molar-refractivity contribution is 6.30. The lowest BCUT2D eigenvalue weighted by atomic mass is 10.2. The van der Waals surface area contributed by atoms with E-state index in [1.807, 2.05) is 24.3 Å². The van der Waals surface area contributed by atoms with Gasteiger partial charge in [0.2, 0.25) is 5.89 Å². The molecule has 3 rings (SSSR count). The molecule has 19 heavy (non-hydrogen) atoms. The van der Waals surface area contributed by atoms with Gasteiger partial charge in [0.15, 0.2) is 0 Å². The maximum Gasteiger partial charge on any atom is 0.226 e. The third kappa shape index (κ3) is 2.97. The molecule has 1 aliphatic heterocycles. The number of likely N-dealkylation sites (tertiary alicyclic amines) is 1. The van der Waals surface area contributed by atoms with Gasteiger partial charge in [-0.15, -0.1) is 0 Å². The zero-order valence-corrected chi connectivity index (χ0v) is 11.2. The van der Waals surface area contributed by atoms with Crippen LogP contribution in [0.5, 0.6) is 0 Å².